The smallest absolute Gasteiger partial charge is 0.123 e. The van der Waals surface area contributed by atoms with E-state index in [0.717, 1.165) is 60.5 Å². The van der Waals surface area contributed by atoms with Gasteiger partial charge < -0.3 is 4.57 Å². The highest BCUT2D eigenvalue weighted by molar-refractivity contribution is 5.20. The molecule has 1 aliphatic heterocycles. The van der Waals surface area contributed by atoms with Gasteiger partial charge >= 0.3 is 0 Å². The van der Waals surface area contributed by atoms with Crippen molar-refractivity contribution in [1.82, 2.24) is 14.5 Å². The van der Waals surface area contributed by atoms with Crippen molar-refractivity contribution in [1.29, 1.82) is 0 Å². The molecular formula is C22H32FN3. The summed E-state index contributed by atoms with van der Waals surface area (Å²) in [5.74, 6) is 1.40. The maximum absolute atomic E-state index is 12.6. The predicted molar refractivity (Wildman–Crippen MR) is 108 cm³/mol. The molecule has 0 aromatic carbocycles. The minimum Gasteiger partial charge on any atom is -0.331 e. The standard InChI is InChI=1S/C22H32FN3/c1-17(11-12-18(2)23)8-6-9-21-10-7-14-26(15-13-21)16-22-24-19(3)20(4)25(22)5/h11-12,21H,1-4,6-10,13-16H2,5H3/b12-11-. The van der Waals surface area contributed by atoms with Gasteiger partial charge in [0.15, 0.2) is 0 Å². The van der Waals surface area contributed by atoms with E-state index in [-0.39, 0.29) is 0 Å². The first-order valence-electron chi connectivity index (χ1n) is 9.49. The monoisotopic (exact) mass is 357 g/mol. The second kappa shape index (κ2) is 9.67. The second-order valence-electron chi connectivity index (χ2n) is 7.38. The van der Waals surface area contributed by atoms with E-state index in [1.165, 1.54) is 31.8 Å². The third-order valence-electron chi connectivity index (χ3n) is 5.30. The number of imidazole rings is 1. The van der Waals surface area contributed by atoms with Gasteiger partial charge in [0.05, 0.1) is 17.2 Å². The van der Waals surface area contributed by atoms with E-state index in [1.54, 1.807) is 6.08 Å². The van der Waals surface area contributed by atoms with Gasteiger partial charge in [-0.1, -0.05) is 44.4 Å². The van der Waals surface area contributed by atoms with Crippen molar-refractivity contribution in [3.05, 3.63) is 53.2 Å². The molecule has 4 heteroatoms. The number of rotatable bonds is 8. The van der Waals surface area contributed by atoms with Gasteiger partial charge in [0.2, 0.25) is 0 Å². The molecule has 0 N–H and O–H groups in total. The normalized spacial score (nSPS) is 18.9. The Bertz CT molecular complexity index is 759. The number of hydrogen-bond acceptors (Lipinski definition) is 2. The van der Waals surface area contributed by atoms with Crippen molar-refractivity contribution in [3.8, 4) is 0 Å². The van der Waals surface area contributed by atoms with Crippen LogP contribution < -0.4 is 10.7 Å². The van der Waals surface area contributed by atoms with Gasteiger partial charge in [-0.05, 0) is 57.2 Å². The largest absolute Gasteiger partial charge is 0.331 e. The summed E-state index contributed by atoms with van der Waals surface area (Å²) in [6.45, 7) is 18.3. The van der Waals surface area contributed by atoms with Crippen LogP contribution in [-0.2, 0) is 13.6 Å². The highest BCUT2D eigenvalue weighted by atomic mass is 19.1. The summed E-state index contributed by atoms with van der Waals surface area (Å²) in [5.41, 5.74) is 0.974. The van der Waals surface area contributed by atoms with Crippen molar-refractivity contribution in [3.63, 3.8) is 0 Å². The van der Waals surface area contributed by atoms with E-state index in [0.29, 0.717) is 0 Å². The van der Waals surface area contributed by atoms with Gasteiger partial charge in [-0.15, -0.1) is 0 Å². The van der Waals surface area contributed by atoms with Gasteiger partial charge in [-0.3, -0.25) is 4.90 Å². The number of halogens is 1. The molecular weight excluding hydrogens is 325 g/mol. The van der Waals surface area contributed by atoms with Crippen LogP contribution in [0, 0.1) is 5.92 Å². The quantitative estimate of drug-likeness (QED) is 0.663. The van der Waals surface area contributed by atoms with Crippen molar-refractivity contribution in [2.24, 2.45) is 13.0 Å². The maximum Gasteiger partial charge on any atom is 0.123 e. The summed E-state index contributed by atoms with van der Waals surface area (Å²) in [6.07, 6.45) is 10.1. The van der Waals surface area contributed by atoms with Gasteiger partial charge in [0, 0.05) is 7.05 Å². The van der Waals surface area contributed by atoms with Crippen molar-refractivity contribution in [2.75, 3.05) is 13.1 Å². The van der Waals surface area contributed by atoms with E-state index in [1.807, 2.05) is 7.05 Å². The minimum absolute atomic E-state index is 0.417. The molecule has 1 atom stereocenters. The van der Waals surface area contributed by atoms with E-state index in [9.17, 15) is 4.39 Å². The molecule has 0 radical (unpaired) electrons. The topological polar surface area (TPSA) is 21.1 Å². The lowest BCUT2D eigenvalue weighted by Gasteiger charge is -2.19. The molecule has 2 heterocycles. The zero-order valence-electron chi connectivity index (χ0n) is 16.1. The van der Waals surface area contributed by atoms with Crippen molar-refractivity contribution in [2.45, 2.75) is 45.1 Å². The number of hydrogen-bond donors (Lipinski definition) is 0. The number of likely N-dealkylation sites (tertiary alicyclic amines) is 1. The van der Waals surface area contributed by atoms with Crippen LogP contribution in [0.15, 0.2) is 36.7 Å². The Balaban J connectivity index is 1.76. The Kier molecular flexibility index (Phi) is 7.58. The summed E-state index contributed by atoms with van der Waals surface area (Å²) in [4.78, 5) is 7.05. The van der Waals surface area contributed by atoms with Crippen LogP contribution in [-0.4, -0.2) is 27.5 Å². The Labute approximate surface area is 156 Å². The molecule has 26 heavy (non-hydrogen) atoms. The Morgan fingerprint density at radius 2 is 2.00 bits per heavy atom. The van der Waals surface area contributed by atoms with E-state index >= 15 is 0 Å². The third kappa shape index (κ3) is 6.10. The maximum atomic E-state index is 12.6. The third-order valence-corrected chi connectivity index (χ3v) is 5.30. The lowest BCUT2D eigenvalue weighted by atomic mass is 9.93. The molecule has 2 rings (SSSR count). The zero-order valence-corrected chi connectivity index (χ0v) is 16.1. The molecule has 1 saturated heterocycles. The second-order valence-corrected chi connectivity index (χ2v) is 7.38. The summed E-state index contributed by atoms with van der Waals surface area (Å²) >= 11 is 0. The minimum atomic E-state index is -0.417. The number of aromatic nitrogens is 2. The van der Waals surface area contributed by atoms with E-state index < -0.39 is 5.83 Å². The van der Waals surface area contributed by atoms with Gasteiger partial charge in [-0.2, -0.15) is 0 Å². The Hall–Kier alpha value is -1.94. The summed E-state index contributed by atoms with van der Waals surface area (Å²) < 4.78 is 14.7. The summed E-state index contributed by atoms with van der Waals surface area (Å²) in [5, 5.41) is 1.68. The molecule has 142 valence electrons. The van der Waals surface area contributed by atoms with Crippen LogP contribution in [0.5, 0.6) is 0 Å². The number of nitrogens with zero attached hydrogens (tertiary/aromatic N) is 3. The molecule has 0 spiro atoms. The molecule has 0 aliphatic carbocycles. The van der Waals surface area contributed by atoms with E-state index in [4.69, 9.17) is 0 Å². The molecule has 1 aromatic rings. The SMILES string of the molecule is C=C(F)/C=C\C(=C)CCCC1CCCN(Cc2nc(=C)c(=C)n2C)CC1. The van der Waals surface area contributed by atoms with E-state index in [2.05, 4.69) is 40.8 Å². The molecule has 0 amide bonds. The highest BCUT2D eigenvalue weighted by Crippen LogP contribution is 2.24. The van der Waals surface area contributed by atoms with Gasteiger partial charge in [0.25, 0.3) is 0 Å². The first kappa shape index (κ1) is 20.4. The zero-order chi connectivity index (χ0) is 19.1. The molecule has 1 aromatic heterocycles. The fourth-order valence-corrected chi connectivity index (χ4v) is 3.57. The van der Waals surface area contributed by atoms with Gasteiger partial charge in [0.1, 0.15) is 11.7 Å². The van der Waals surface area contributed by atoms with Crippen LogP contribution in [0.4, 0.5) is 4.39 Å². The van der Waals surface area contributed by atoms with Gasteiger partial charge in [-0.25, -0.2) is 9.37 Å². The average Bonchev–Trinajstić information content (AvgIpc) is 2.77. The molecule has 3 nitrogen and oxygen atoms in total. The van der Waals surface area contributed by atoms with Crippen LogP contribution in [0.2, 0.25) is 0 Å². The average molecular weight is 358 g/mol. The van der Waals surface area contributed by atoms with Crippen LogP contribution in [0.1, 0.15) is 44.3 Å². The lowest BCUT2D eigenvalue weighted by molar-refractivity contribution is 0.262. The highest BCUT2D eigenvalue weighted by Gasteiger charge is 2.18. The molecule has 1 aliphatic rings. The molecule has 1 unspecified atom stereocenters. The lowest BCUT2D eigenvalue weighted by Crippen LogP contribution is -2.28. The molecule has 1 fully saturated rings. The van der Waals surface area contributed by atoms with Crippen LogP contribution in [0.3, 0.4) is 0 Å². The fraction of sp³-hybridized carbons (Fsp3) is 0.500. The summed E-state index contributed by atoms with van der Waals surface area (Å²) in [7, 11) is 2.01. The van der Waals surface area contributed by atoms with Crippen LogP contribution >= 0.6 is 0 Å². The molecule has 0 bridgehead atoms. The number of allylic oxidation sites excluding steroid dienone is 4. The fourth-order valence-electron chi connectivity index (χ4n) is 3.57. The van der Waals surface area contributed by atoms with Crippen molar-refractivity contribution >= 4 is 13.2 Å². The first-order chi connectivity index (χ1) is 12.4. The van der Waals surface area contributed by atoms with Crippen molar-refractivity contribution < 1.29 is 4.39 Å². The predicted octanol–water partition coefficient (Wildman–Crippen LogP) is 3.61. The summed E-state index contributed by atoms with van der Waals surface area (Å²) in [6, 6.07) is 0. The molecule has 0 saturated carbocycles. The Morgan fingerprint density at radius 1 is 1.23 bits per heavy atom. The Morgan fingerprint density at radius 3 is 2.65 bits per heavy atom. The first-order valence-corrected chi connectivity index (χ1v) is 9.49. The van der Waals surface area contributed by atoms with Crippen LogP contribution in [0.25, 0.3) is 13.2 Å².